The highest BCUT2D eigenvalue weighted by atomic mass is 127. The highest BCUT2D eigenvalue weighted by molar-refractivity contribution is 14.1. The maximum atomic E-state index is 3.69. The first kappa shape index (κ1) is 13.6. The fourth-order valence-corrected chi connectivity index (χ4v) is 3.06. The van der Waals surface area contributed by atoms with Gasteiger partial charge in [0.2, 0.25) is 0 Å². The Hall–Kier alpha value is 0.190. The van der Waals surface area contributed by atoms with Gasteiger partial charge in [-0.05, 0) is 80.2 Å². The van der Waals surface area contributed by atoms with Crippen LogP contribution in [0.3, 0.4) is 0 Å². The molecule has 1 aromatic rings. The summed E-state index contributed by atoms with van der Waals surface area (Å²) in [6.45, 7) is 2.43. The van der Waals surface area contributed by atoms with Crippen LogP contribution >= 0.6 is 38.5 Å². The van der Waals surface area contributed by atoms with Gasteiger partial charge in [0.1, 0.15) is 0 Å². The van der Waals surface area contributed by atoms with Gasteiger partial charge in [0.25, 0.3) is 0 Å². The molecule has 94 valence electrons. The lowest BCUT2D eigenvalue weighted by Gasteiger charge is -2.19. The van der Waals surface area contributed by atoms with Gasteiger partial charge in [-0.25, -0.2) is 0 Å². The standard InChI is InChI=1S/C13H18BrIN2/c1-17-7-2-3-11(6-8-17)16-13-9-10(14)4-5-12(13)15/h4-5,9,11,16H,2-3,6-8H2,1H3. The van der Waals surface area contributed by atoms with Gasteiger partial charge in [-0.2, -0.15) is 0 Å². The summed E-state index contributed by atoms with van der Waals surface area (Å²) in [4.78, 5) is 2.42. The Morgan fingerprint density at radius 2 is 2.18 bits per heavy atom. The summed E-state index contributed by atoms with van der Waals surface area (Å²) in [5, 5.41) is 3.69. The van der Waals surface area contributed by atoms with Crippen molar-refractivity contribution in [3.8, 4) is 0 Å². The lowest BCUT2D eigenvalue weighted by Crippen LogP contribution is -2.23. The van der Waals surface area contributed by atoms with Crippen LogP contribution in [0.2, 0.25) is 0 Å². The number of anilines is 1. The van der Waals surface area contributed by atoms with Gasteiger partial charge in [0.15, 0.2) is 0 Å². The number of hydrogen-bond acceptors (Lipinski definition) is 2. The first-order chi connectivity index (χ1) is 8.15. The molecule has 0 bridgehead atoms. The van der Waals surface area contributed by atoms with Crippen molar-refractivity contribution in [1.29, 1.82) is 0 Å². The molecule has 0 aliphatic carbocycles. The highest BCUT2D eigenvalue weighted by Crippen LogP contribution is 2.25. The number of nitrogens with one attached hydrogen (secondary N) is 1. The van der Waals surface area contributed by atoms with Crippen molar-refractivity contribution in [2.75, 3.05) is 25.5 Å². The van der Waals surface area contributed by atoms with Crippen LogP contribution in [0.25, 0.3) is 0 Å². The molecule has 1 unspecified atom stereocenters. The van der Waals surface area contributed by atoms with Gasteiger partial charge in [-0.15, -0.1) is 0 Å². The lowest BCUT2D eigenvalue weighted by molar-refractivity contribution is 0.348. The molecular weight excluding hydrogens is 391 g/mol. The summed E-state index contributed by atoms with van der Waals surface area (Å²) >= 11 is 5.93. The first-order valence-electron chi connectivity index (χ1n) is 6.05. The molecular formula is C13H18BrIN2. The molecule has 0 amide bonds. The zero-order chi connectivity index (χ0) is 12.3. The van der Waals surface area contributed by atoms with Crippen LogP contribution in [0.4, 0.5) is 5.69 Å². The fraction of sp³-hybridized carbons (Fsp3) is 0.538. The van der Waals surface area contributed by atoms with Gasteiger partial charge >= 0.3 is 0 Å². The van der Waals surface area contributed by atoms with Crippen LogP contribution in [-0.2, 0) is 0 Å². The van der Waals surface area contributed by atoms with Gasteiger partial charge in [0, 0.05) is 19.8 Å². The van der Waals surface area contributed by atoms with Crippen LogP contribution in [0.15, 0.2) is 22.7 Å². The molecule has 0 aromatic heterocycles. The lowest BCUT2D eigenvalue weighted by atomic mass is 10.1. The van der Waals surface area contributed by atoms with Crippen molar-refractivity contribution in [1.82, 2.24) is 4.90 Å². The quantitative estimate of drug-likeness (QED) is 0.745. The predicted molar refractivity (Wildman–Crippen MR) is 85.6 cm³/mol. The van der Waals surface area contributed by atoms with E-state index in [2.05, 4.69) is 74.0 Å². The molecule has 1 saturated heterocycles. The van der Waals surface area contributed by atoms with E-state index in [1.54, 1.807) is 0 Å². The number of halogens is 2. The SMILES string of the molecule is CN1CCCC(Nc2cc(Br)ccc2I)CC1. The van der Waals surface area contributed by atoms with E-state index in [1.807, 2.05) is 0 Å². The zero-order valence-corrected chi connectivity index (χ0v) is 13.8. The van der Waals surface area contributed by atoms with Crippen molar-refractivity contribution in [3.63, 3.8) is 0 Å². The number of rotatable bonds is 2. The maximum Gasteiger partial charge on any atom is 0.0489 e. The Balaban J connectivity index is 2.02. The first-order valence-corrected chi connectivity index (χ1v) is 7.92. The minimum Gasteiger partial charge on any atom is -0.381 e. The monoisotopic (exact) mass is 408 g/mol. The molecule has 0 radical (unpaired) electrons. The second kappa shape index (κ2) is 6.38. The molecule has 1 N–H and O–H groups in total. The summed E-state index contributed by atoms with van der Waals surface area (Å²) in [6.07, 6.45) is 3.80. The number of nitrogens with zero attached hydrogens (tertiary/aromatic N) is 1. The van der Waals surface area contributed by atoms with Crippen LogP contribution in [0, 0.1) is 3.57 Å². The van der Waals surface area contributed by atoms with Crippen molar-refractivity contribution in [2.24, 2.45) is 0 Å². The summed E-state index contributed by atoms with van der Waals surface area (Å²) in [5.41, 5.74) is 1.26. The van der Waals surface area contributed by atoms with Crippen LogP contribution < -0.4 is 5.32 Å². The van der Waals surface area contributed by atoms with E-state index in [0.717, 1.165) is 4.47 Å². The molecule has 1 aromatic carbocycles. The van der Waals surface area contributed by atoms with E-state index in [-0.39, 0.29) is 0 Å². The Kier molecular flexibility index (Phi) is 5.11. The largest absolute Gasteiger partial charge is 0.381 e. The molecule has 17 heavy (non-hydrogen) atoms. The number of benzene rings is 1. The van der Waals surface area contributed by atoms with E-state index >= 15 is 0 Å². The minimum atomic E-state index is 0.614. The fourth-order valence-electron chi connectivity index (χ4n) is 2.21. The maximum absolute atomic E-state index is 3.69. The number of likely N-dealkylation sites (tertiary alicyclic amines) is 1. The third kappa shape index (κ3) is 4.10. The Morgan fingerprint density at radius 1 is 1.35 bits per heavy atom. The van der Waals surface area contributed by atoms with Crippen molar-refractivity contribution >= 4 is 44.2 Å². The molecule has 1 atom stereocenters. The van der Waals surface area contributed by atoms with E-state index in [0.29, 0.717) is 6.04 Å². The topological polar surface area (TPSA) is 15.3 Å². The van der Waals surface area contributed by atoms with E-state index in [4.69, 9.17) is 0 Å². The van der Waals surface area contributed by atoms with Gasteiger partial charge in [-0.1, -0.05) is 15.9 Å². The summed E-state index contributed by atoms with van der Waals surface area (Å²) < 4.78 is 2.44. The van der Waals surface area contributed by atoms with Gasteiger partial charge in [-0.3, -0.25) is 0 Å². The summed E-state index contributed by atoms with van der Waals surface area (Å²) in [5.74, 6) is 0. The van der Waals surface area contributed by atoms with E-state index < -0.39 is 0 Å². The molecule has 1 aliphatic heterocycles. The van der Waals surface area contributed by atoms with E-state index in [1.165, 1.54) is 41.6 Å². The van der Waals surface area contributed by atoms with Crippen LogP contribution in [0.5, 0.6) is 0 Å². The zero-order valence-electron chi connectivity index (χ0n) is 10.0. The minimum absolute atomic E-state index is 0.614. The van der Waals surface area contributed by atoms with Crippen molar-refractivity contribution in [3.05, 3.63) is 26.2 Å². The molecule has 1 aliphatic rings. The molecule has 0 saturated carbocycles. The van der Waals surface area contributed by atoms with Crippen LogP contribution in [0.1, 0.15) is 19.3 Å². The van der Waals surface area contributed by atoms with Crippen molar-refractivity contribution in [2.45, 2.75) is 25.3 Å². The Morgan fingerprint density at radius 3 is 3.00 bits per heavy atom. The molecule has 4 heteroatoms. The highest BCUT2D eigenvalue weighted by Gasteiger charge is 2.15. The summed E-state index contributed by atoms with van der Waals surface area (Å²) in [7, 11) is 2.21. The Bertz CT molecular complexity index is 384. The predicted octanol–water partition coefficient (Wildman–Crippen LogP) is 3.95. The third-order valence-corrected chi connectivity index (χ3v) is 4.67. The smallest absolute Gasteiger partial charge is 0.0489 e. The molecule has 0 spiro atoms. The second-order valence-electron chi connectivity index (χ2n) is 4.70. The van der Waals surface area contributed by atoms with Crippen LogP contribution in [-0.4, -0.2) is 31.1 Å². The molecule has 1 heterocycles. The average molecular weight is 409 g/mol. The van der Waals surface area contributed by atoms with E-state index in [9.17, 15) is 0 Å². The number of hydrogen-bond donors (Lipinski definition) is 1. The van der Waals surface area contributed by atoms with Crippen molar-refractivity contribution < 1.29 is 0 Å². The second-order valence-corrected chi connectivity index (χ2v) is 6.78. The molecule has 1 fully saturated rings. The third-order valence-electron chi connectivity index (χ3n) is 3.24. The Labute approximate surface area is 125 Å². The average Bonchev–Trinajstić information content (AvgIpc) is 2.49. The van der Waals surface area contributed by atoms with Gasteiger partial charge in [0.05, 0.1) is 0 Å². The normalized spacial score (nSPS) is 22.2. The molecule has 2 rings (SSSR count). The molecule has 2 nitrogen and oxygen atoms in total. The summed E-state index contributed by atoms with van der Waals surface area (Å²) in [6, 6.07) is 7.03. The van der Waals surface area contributed by atoms with Gasteiger partial charge < -0.3 is 10.2 Å².